The largest absolute Gasteiger partial charge is 0.389 e. The monoisotopic (exact) mass is 278 g/mol. The Morgan fingerprint density at radius 1 is 1.47 bits per heavy atom. The molecule has 1 saturated heterocycles. The molecule has 0 radical (unpaired) electrons. The molecule has 0 bridgehead atoms. The van der Waals surface area contributed by atoms with E-state index in [9.17, 15) is 5.11 Å². The molecule has 3 N–H and O–H groups in total. The maximum Gasteiger partial charge on any atom is 0.103 e. The van der Waals surface area contributed by atoms with E-state index in [1.807, 2.05) is 24.3 Å². The minimum absolute atomic E-state index is 0.395. The predicted molar refractivity (Wildman–Crippen MR) is 82.2 cm³/mol. The highest BCUT2D eigenvalue weighted by molar-refractivity contribution is 7.80. The van der Waals surface area contributed by atoms with Gasteiger partial charge in [-0.2, -0.15) is 0 Å². The smallest absolute Gasteiger partial charge is 0.103 e. The number of aliphatic hydroxyl groups is 1. The van der Waals surface area contributed by atoms with Crippen LogP contribution in [-0.4, -0.2) is 34.1 Å². The molecule has 2 atom stereocenters. The van der Waals surface area contributed by atoms with Gasteiger partial charge in [-0.3, -0.25) is 4.90 Å². The first kappa shape index (κ1) is 14.4. The van der Waals surface area contributed by atoms with Crippen molar-refractivity contribution in [2.45, 2.75) is 38.3 Å². The molecule has 1 aromatic carbocycles. The molecule has 2 rings (SSSR count). The molecule has 0 spiro atoms. The predicted octanol–water partition coefficient (Wildman–Crippen LogP) is 2.23. The zero-order chi connectivity index (χ0) is 13.8. The Kier molecular flexibility index (Phi) is 4.91. The first-order valence-electron chi connectivity index (χ1n) is 6.93. The third kappa shape index (κ3) is 3.53. The van der Waals surface area contributed by atoms with Gasteiger partial charge in [0.1, 0.15) is 4.99 Å². The molecule has 0 saturated carbocycles. The number of aliphatic hydroxyl groups excluding tert-OH is 1. The van der Waals surface area contributed by atoms with E-state index in [-0.39, 0.29) is 0 Å². The lowest BCUT2D eigenvalue weighted by Gasteiger charge is -2.26. The Morgan fingerprint density at radius 3 is 2.74 bits per heavy atom. The van der Waals surface area contributed by atoms with Crippen molar-refractivity contribution in [1.29, 1.82) is 0 Å². The quantitative estimate of drug-likeness (QED) is 0.811. The van der Waals surface area contributed by atoms with Gasteiger partial charge in [0.15, 0.2) is 0 Å². The van der Waals surface area contributed by atoms with Crippen molar-refractivity contribution in [3.05, 3.63) is 35.4 Å². The van der Waals surface area contributed by atoms with Crippen molar-refractivity contribution >= 4 is 17.2 Å². The van der Waals surface area contributed by atoms with Crippen molar-refractivity contribution < 1.29 is 5.11 Å². The molecular formula is C15H22N2OS. The Balaban J connectivity index is 1.99. The van der Waals surface area contributed by atoms with E-state index in [0.29, 0.717) is 17.6 Å². The van der Waals surface area contributed by atoms with Crippen molar-refractivity contribution in [2.75, 3.05) is 13.1 Å². The van der Waals surface area contributed by atoms with Gasteiger partial charge in [0, 0.05) is 18.2 Å². The van der Waals surface area contributed by atoms with E-state index in [4.69, 9.17) is 18.0 Å². The van der Waals surface area contributed by atoms with Gasteiger partial charge in [-0.05, 0) is 31.4 Å². The first-order valence-corrected chi connectivity index (χ1v) is 7.34. The molecule has 1 heterocycles. The van der Waals surface area contributed by atoms with Gasteiger partial charge in [0.05, 0.1) is 6.10 Å². The van der Waals surface area contributed by atoms with E-state index in [0.717, 1.165) is 24.1 Å². The summed E-state index contributed by atoms with van der Waals surface area (Å²) in [6, 6.07) is 8.21. The lowest BCUT2D eigenvalue weighted by molar-refractivity contribution is 0.105. The number of β-amino-alcohol motifs (C(OH)–C–C–N with tert-alkyl or cyclic N) is 1. The van der Waals surface area contributed by atoms with E-state index < -0.39 is 6.10 Å². The van der Waals surface area contributed by atoms with Crippen LogP contribution in [0.3, 0.4) is 0 Å². The Hall–Kier alpha value is -0.970. The van der Waals surface area contributed by atoms with Gasteiger partial charge in [-0.25, -0.2) is 0 Å². The number of hydrogen-bond donors (Lipinski definition) is 2. The molecule has 4 heteroatoms. The van der Waals surface area contributed by atoms with Crippen LogP contribution in [0.1, 0.15) is 43.4 Å². The summed E-state index contributed by atoms with van der Waals surface area (Å²) in [6.45, 7) is 4.03. The fourth-order valence-electron chi connectivity index (χ4n) is 2.79. The molecular weight excluding hydrogens is 256 g/mol. The van der Waals surface area contributed by atoms with Crippen LogP contribution in [0.4, 0.5) is 0 Å². The van der Waals surface area contributed by atoms with Gasteiger partial charge >= 0.3 is 0 Å². The molecule has 3 nitrogen and oxygen atoms in total. The lowest BCUT2D eigenvalue weighted by Crippen LogP contribution is -2.32. The van der Waals surface area contributed by atoms with E-state index >= 15 is 0 Å². The Labute approximate surface area is 120 Å². The number of nitrogens with two attached hydrogens (primary N) is 1. The zero-order valence-corrected chi connectivity index (χ0v) is 12.2. The van der Waals surface area contributed by atoms with Gasteiger partial charge in [-0.1, -0.05) is 43.4 Å². The molecule has 0 aliphatic carbocycles. The minimum Gasteiger partial charge on any atom is -0.389 e. The third-order valence-electron chi connectivity index (χ3n) is 3.96. The molecule has 0 aromatic heterocycles. The van der Waals surface area contributed by atoms with Crippen LogP contribution >= 0.6 is 12.2 Å². The summed E-state index contributed by atoms with van der Waals surface area (Å²) in [7, 11) is 0. The van der Waals surface area contributed by atoms with Gasteiger partial charge < -0.3 is 10.8 Å². The SMILES string of the molecule is CCC1CCCN1CC(O)c1ccc(C(N)=S)cc1. The van der Waals surface area contributed by atoms with Crippen molar-refractivity contribution in [3.63, 3.8) is 0 Å². The fraction of sp³-hybridized carbons (Fsp3) is 0.533. The van der Waals surface area contributed by atoms with Crippen LogP contribution in [-0.2, 0) is 0 Å². The van der Waals surface area contributed by atoms with Gasteiger partial charge in [0.25, 0.3) is 0 Å². The van der Waals surface area contributed by atoms with Crippen LogP contribution in [0, 0.1) is 0 Å². The summed E-state index contributed by atoms with van der Waals surface area (Å²) < 4.78 is 0. The molecule has 2 unspecified atom stereocenters. The summed E-state index contributed by atoms with van der Waals surface area (Å²) in [5.41, 5.74) is 7.35. The van der Waals surface area contributed by atoms with Gasteiger partial charge in [0.2, 0.25) is 0 Å². The highest BCUT2D eigenvalue weighted by atomic mass is 32.1. The van der Waals surface area contributed by atoms with Crippen molar-refractivity contribution in [2.24, 2.45) is 5.73 Å². The summed E-state index contributed by atoms with van der Waals surface area (Å²) in [5, 5.41) is 10.3. The minimum atomic E-state index is -0.437. The summed E-state index contributed by atoms with van der Waals surface area (Å²) in [4.78, 5) is 2.79. The fourth-order valence-corrected chi connectivity index (χ4v) is 2.93. The third-order valence-corrected chi connectivity index (χ3v) is 4.19. The summed E-state index contributed by atoms with van der Waals surface area (Å²) in [6.07, 6.45) is 3.22. The molecule has 1 aliphatic rings. The first-order chi connectivity index (χ1) is 9.11. The van der Waals surface area contributed by atoms with Crippen LogP contribution < -0.4 is 5.73 Å². The van der Waals surface area contributed by atoms with Crippen molar-refractivity contribution in [3.8, 4) is 0 Å². The van der Waals surface area contributed by atoms with Crippen LogP contribution in [0.2, 0.25) is 0 Å². The maximum absolute atomic E-state index is 10.3. The second-order valence-corrected chi connectivity index (χ2v) is 5.64. The van der Waals surface area contributed by atoms with Crippen molar-refractivity contribution in [1.82, 2.24) is 4.90 Å². The highest BCUT2D eigenvalue weighted by Gasteiger charge is 2.25. The number of nitrogens with zero attached hydrogens (tertiary/aromatic N) is 1. The molecule has 1 aromatic rings. The Morgan fingerprint density at radius 2 is 2.16 bits per heavy atom. The maximum atomic E-state index is 10.3. The summed E-state index contributed by atoms with van der Waals surface area (Å²) >= 11 is 4.92. The zero-order valence-electron chi connectivity index (χ0n) is 11.4. The number of rotatable bonds is 5. The lowest BCUT2D eigenvalue weighted by atomic mass is 10.1. The highest BCUT2D eigenvalue weighted by Crippen LogP contribution is 2.23. The number of benzene rings is 1. The standard InChI is InChI=1S/C15H22N2OS/c1-2-13-4-3-9-17(13)10-14(18)11-5-7-12(8-6-11)15(16)19/h5-8,13-14,18H,2-4,9-10H2,1H3,(H2,16,19). The number of thiocarbonyl (C=S) groups is 1. The average molecular weight is 278 g/mol. The van der Waals surface area contributed by atoms with Crippen LogP contribution in [0.5, 0.6) is 0 Å². The van der Waals surface area contributed by atoms with Crippen LogP contribution in [0.15, 0.2) is 24.3 Å². The molecule has 1 aliphatic heterocycles. The average Bonchev–Trinajstić information content (AvgIpc) is 2.86. The molecule has 19 heavy (non-hydrogen) atoms. The second-order valence-electron chi connectivity index (χ2n) is 5.20. The molecule has 1 fully saturated rings. The van der Waals surface area contributed by atoms with E-state index in [2.05, 4.69) is 11.8 Å². The number of likely N-dealkylation sites (tertiary alicyclic amines) is 1. The topological polar surface area (TPSA) is 49.5 Å². The second kappa shape index (κ2) is 6.46. The van der Waals surface area contributed by atoms with E-state index in [1.165, 1.54) is 12.8 Å². The normalized spacial score (nSPS) is 21.5. The molecule has 104 valence electrons. The van der Waals surface area contributed by atoms with Gasteiger partial charge in [-0.15, -0.1) is 0 Å². The number of hydrogen-bond acceptors (Lipinski definition) is 3. The van der Waals surface area contributed by atoms with Crippen LogP contribution in [0.25, 0.3) is 0 Å². The van der Waals surface area contributed by atoms with E-state index in [1.54, 1.807) is 0 Å². The summed E-state index contributed by atoms with van der Waals surface area (Å²) in [5.74, 6) is 0. The molecule has 0 amide bonds. The Bertz CT molecular complexity index is 432.